The van der Waals surface area contributed by atoms with Crippen LogP contribution < -0.4 is 0 Å². The molecule has 0 aromatic heterocycles. The van der Waals surface area contributed by atoms with Gasteiger partial charge >= 0.3 is 0 Å². The Bertz CT molecular complexity index is 163. The summed E-state index contributed by atoms with van der Waals surface area (Å²) in [7, 11) is 0. The molecule has 3 heteroatoms. The van der Waals surface area contributed by atoms with Crippen LogP contribution in [0, 0.1) is 0 Å². The minimum absolute atomic E-state index is 0. The number of hydrogen-bond acceptors (Lipinski definition) is 2. The number of hydrogen-bond donors (Lipinski definition) is 1. The Morgan fingerprint density at radius 3 is 1.33 bits per heavy atom. The van der Waals surface area contributed by atoms with Crippen LogP contribution in [0.25, 0.3) is 0 Å². The average molecular weight is 322 g/mol. The van der Waals surface area contributed by atoms with Crippen molar-refractivity contribution in [2.75, 3.05) is 26.2 Å². The molecule has 0 aromatic rings. The number of unbranched alkanes of at least 4 members (excludes halogenated alkanes) is 10. The first kappa shape index (κ1) is 23.5. The number of aliphatic hydroxyl groups is 1. The van der Waals surface area contributed by atoms with Gasteiger partial charge in [0, 0.05) is 6.54 Å². The molecule has 0 unspecified atom stereocenters. The van der Waals surface area contributed by atoms with E-state index in [1.807, 2.05) is 0 Å². The van der Waals surface area contributed by atoms with Gasteiger partial charge in [-0.3, -0.25) is 0 Å². The first-order valence-corrected chi connectivity index (χ1v) is 9.18. The highest BCUT2D eigenvalue weighted by molar-refractivity contribution is 5.85. The molecule has 0 amide bonds. The van der Waals surface area contributed by atoms with E-state index in [9.17, 15) is 0 Å². The fourth-order valence-electron chi connectivity index (χ4n) is 2.71. The van der Waals surface area contributed by atoms with Gasteiger partial charge in [0.2, 0.25) is 0 Å². The van der Waals surface area contributed by atoms with Crippen molar-refractivity contribution in [2.24, 2.45) is 0 Å². The van der Waals surface area contributed by atoms with Crippen molar-refractivity contribution >= 4 is 12.4 Å². The highest BCUT2D eigenvalue weighted by Gasteiger charge is 2.03. The van der Waals surface area contributed by atoms with Crippen LogP contribution in [0.5, 0.6) is 0 Å². The third kappa shape index (κ3) is 18.2. The van der Waals surface area contributed by atoms with Gasteiger partial charge in [0.05, 0.1) is 6.61 Å². The molecule has 130 valence electrons. The summed E-state index contributed by atoms with van der Waals surface area (Å²) >= 11 is 0. The predicted octanol–water partition coefficient (Wildman–Crippen LogP) is 5.42. The van der Waals surface area contributed by atoms with Crippen LogP contribution in [-0.4, -0.2) is 36.2 Å². The second-order valence-corrected chi connectivity index (χ2v) is 6.10. The van der Waals surface area contributed by atoms with Crippen molar-refractivity contribution in [1.82, 2.24) is 4.90 Å². The molecule has 0 spiro atoms. The molecule has 0 atom stereocenters. The summed E-state index contributed by atoms with van der Waals surface area (Å²) in [5.74, 6) is 0. The van der Waals surface area contributed by atoms with Crippen LogP contribution in [0.1, 0.15) is 90.9 Å². The normalized spacial score (nSPS) is 10.9. The molecule has 0 saturated carbocycles. The van der Waals surface area contributed by atoms with E-state index in [1.54, 1.807) is 0 Å². The maximum absolute atomic E-state index is 9.14. The molecule has 0 bridgehead atoms. The largest absolute Gasteiger partial charge is 0.395 e. The fraction of sp³-hybridized carbons (Fsp3) is 1.00. The summed E-state index contributed by atoms with van der Waals surface area (Å²) < 4.78 is 0. The topological polar surface area (TPSA) is 23.5 Å². The fourth-order valence-corrected chi connectivity index (χ4v) is 2.71. The lowest BCUT2D eigenvalue weighted by atomic mass is 10.1. The molecular formula is C18H40ClNO. The van der Waals surface area contributed by atoms with Gasteiger partial charge in [-0.25, -0.2) is 0 Å². The zero-order chi connectivity index (χ0) is 14.9. The van der Waals surface area contributed by atoms with Crippen molar-refractivity contribution in [1.29, 1.82) is 0 Å². The second kappa shape index (κ2) is 20.2. The van der Waals surface area contributed by atoms with E-state index >= 15 is 0 Å². The van der Waals surface area contributed by atoms with Crippen molar-refractivity contribution in [3.05, 3.63) is 0 Å². The third-order valence-corrected chi connectivity index (χ3v) is 4.07. The average Bonchev–Trinajstić information content (AvgIpc) is 2.46. The van der Waals surface area contributed by atoms with E-state index < -0.39 is 0 Å². The van der Waals surface area contributed by atoms with Crippen molar-refractivity contribution < 1.29 is 5.11 Å². The number of nitrogens with zero attached hydrogens (tertiary/aromatic N) is 1. The first-order chi connectivity index (χ1) is 9.85. The van der Waals surface area contributed by atoms with Gasteiger partial charge in [-0.2, -0.15) is 0 Å². The summed E-state index contributed by atoms with van der Waals surface area (Å²) in [6.45, 7) is 8.08. The molecule has 0 aliphatic rings. The predicted molar refractivity (Wildman–Crippen MR) is 97.5 cm³/mol. The number of rotatable bonds is 16. The lowest BCUT2D eigenvalue weighted by Crippen LogP contribution is -2.29. The van der Waals surface area contributed by atoms with Gasteiger partial charge < -0.3 is 10.0 Å². The van der Waals surface area contributed by atoms with Gasteiger partial charge in [-0.05, 0) is 25.9 Å². The molecule has 0 radical (unpaired) electrons. The van der Waals surface area contributed by atoms with E-state index in [-0.39, 0.29) is 12.4 Å². The number of halogens is 1. The van der Waals surface area contributed by atoms with Gasteiger partial charge in [0.1, 0.15) is 0 Å². The van der Waals surface area contributed by atoms with E-state index in [2.05, 4.69) is 18.7 Å². The Hall–Kier alpha value is 0.210. The Labute approximate surface area is 140 Å². The van der Waals surface area contributed by atoms with Crippen molar-refractivity contribution in [3.8, 4) is 0 Å². The third-order valence-electron chi connectivity index (χ3n) is 4.07. The van der Waals surface area contributed by atoms with Crippen LogP contribution in [0.15, 0.2) is 0 Å². The molecule has 0 aliphatic heterocycles. The Kier molecular flexibility index (Phi) is 22.6. The Morgan fingerprint density at radius 2 is 0.952 bits per heavy atom. The number of aliphatic hydroxyl groups excluding tert-OH is 1. The van der Waals surface area contributed by atoms with Crippen LogP contribution >= 0.6 is 12.4 Å². The lowest BCUT2D eigenvalue weighted by Gasteiger charge is -2.21. The summed E-state index contributed by atoms with van der Waals surface area (Å²) in [6.07, 6.45) is 16.3. The van der Waals surface area contributed by atoms with Crippen molar-refractivity contribution in [3.63, 3.8) is 0 Å². The first-order valence-electron chi connectivity index (χ1n) is 9.18. The molecule has 0 heterocycles. The molecule has 2 nitrogen and oxygen atoms in total. The molecular weight excluding hydrogens is 282 g/mol. The molecule has 0 saturated heterocycles. The maximum atomic E-state index is 9.14. The second-order valence-electron chi connectivity index (χ2n) is 6.10. The van der Waals surface area contributed by atoms with E-state index in [1.165, 1.54) is 90.1 Å². The van der Waals surface area contributed by atoms with Crippen LogP contribution in [-0.2, 0) is 0 Å². The zero-order valence-electron chi connectivity index (χ0n) is 14.6. The van der Waals surface area contributed by atoms with E-state index in [4.69, 9.17) is 5.11 Å². The Morgan fingerprint density at radius 1 is 0.571 bits per heavy atom. The summed E-state index contributed by atoms with van der Waals surface area (Å²) in [6, 6.07) is 0. The highest BCUT2D eigenvalue weighted by atomic mass is 35.5. The highest BCUT2D eigenvalue weighted by Crippen LogP contribution is 2.08. The van der Waals surface area contributed by atoms with Crippen molar-refractivity contribution in [2.45, 2.75) is 90.9 Å². The maximum Gasteiger partial charge on any atom is 0.0558 e. The van der Waals surface area contributed by atoms with E-state index in [0.717, 1.165) is 6.54 Å². The SMILES string of the molecule is CCCCCCCCN(CCO)CCCCCCCC.Cl. The van der Waals surface area contributed by atoms with E-state index in [0.29, 0.717) is 6.61 Å². The standard InChI is InChI=1S/C18H39NO.ClH/c1-3-5-7-9-11-13-15-19(17-18-20)16-14-12-10-8-6-4-2;/h20H,3-18H2,1-2H3;1H. The molecule has 1 N–H and O–H groups in total. The van der Waals surface area contributed by atoms with Gasteiger partial charge in [-0.15, -0.1) is 12.4 Å². The molecule has 0 fully saturated rings. The Balaban J connectivity index is 0. The van der Waals surface area contributed by atoms with Gasteiger partial charge in [0.25, 0.3) is 0 Å². The minimum Gasteiger partial charge on any atom is -0.395 e. The molecule has 21 heavy (non-hydrogen) atoms. The monoisotopic (exact) mass is 321 g/mol. The van der Waals surface area contributed by atoms with Crippen LogP contribution in [0.4, 0.5) is 0 Å². The summed E-state index contributed by atoms with van der Waals surface area (Å²) in [4.78, 5) is 2.46. The molecule has 0 aromatic carbocycles. The minimum atomic E-state index is 0. The van der Waals surface area contributed by atoms with Crippen LogP contribution in [0.2, 0.25) is 0 Å². The zero-order valence-corrected chi connectivity index (χ0v) is 15.4. The van der Waals surface area contributed by atoms with Gasteiger partial charge in [0.15, 0.2) is 0 Å². The van der Waals surface area contributed by atoms with Gasteiger partial charge in [-0.1, -0.05) is 78.1 Å². The lowest BCUT2D eigenvalue weighted by molar-refractivity contribution is 0.190. The van der Waals surface area contributed by atoms with Crippen LogP contribution in [0.3, 0.4) is 0 Å². The quantitative estimate of drug-likeness (QED) is 0.383. The summed E-state index contributed by atoms with van der Waals surface area (Å²) in [5.41, 5.74) is 0. The molecule has 0 aliphatic carbocycles. The summed E-state index contributed by atoms with van der Waals surface area (Å²) in [5, 5.41) is 9.14. The smallest absolute Gasteiger partial charge is 0.0558 e. The molecule has 0 rings (SSSR count).